The molecular weight excluding hydrogens is 545 g/mol. The van der Waals surface area contributed by atoms with Crippen molar-refractivity contribution >= 4 is 20.9 Å². The lowest BCUT2D eigenvalue weighted by Gasteiger charge is -2.14. The zero-order chi connectivity index (χ0) is 28.2. The van der Waals surface area contributed by atoms with Gasteiger partial charge in [-0.05, 0) is 17.7 Å². The summed E-state index contributed by atoms with van der Waals surface area (Å²) < 4.78 is 86.6. The van der Waals surface area contributed by atoms with Crippen LogP contribution in [-0.2, 0) is 22.8 Å². The molecule has 204 valence electrons. The number of aromatic amines is 1. The van der Waals surface area contributed by atoms with Crippen LogP contribution in [0.4, 0.5) is 13.2 Å². The van der Waals surface area contributed by atoms with Gasteiger partial charge in [0.1, 0.15) is 23.3 Å². The van der Waals surface area contributed by atoms with Crippen molar-refractivity contribution in [1.29, 1.82) is 0 Å². The third kappa shape index (κ3) is 5.90. The molecule has 10 nitrogen and oxygen atoms in total. The van der Waals surface area contributed by atoms with Crippen molar-refractivity contribution in [3.63, 3.8) is 0 Å². The molecule has 2 heterocycles. The van der Waals surface area contributed by atoms with Gasteiger partial charge in [0.05, 0.1) is 18.1 Å². The van der Waals surface area contributed by atoms with E-state index >= 15 is 0 Å². The van der Waals surface area contributed by atoms with Gasteiger partial charge in [0.15, 0.2) is 11.5 Å². The third-order valence-corrected chi connectivity index (χ3v) is 6.86. The number of hydrogen-bond donors (Lipinski definition) is 1. The summed E-state index contributed by atoms with van der Waals surface area (Å²) in [6.07, 6.45) is -3.65. The van der Waals surface area contributed by atoms with Crippen LogP contribution in [0, 0.1) is 0 Å². The van der Waals surface area contributed by atoms with Crippen molar-refractivity contribution in [2.75, 3.05) is 7.11 Å². The van der Waals surface area contributed by atoms with Crippen LogP contribution in [0.25, 0.3) is 10.9 Å². The fourth-order valence-corrected chi connectivity index (χ4v) is 4.93. The van der Waals surface area contributed by atoms with Gasteiger partial charge in [-0.2, -0.15) is 26.7 Å². The first-order valence-corrected chi connectivity index (χ1v) is 12.4. The molecule has 39 heavy (non-hydrogen) atoms. The zero-order valence-electron chi connectivity index (χ0n) is 20.0. The molecule has 0 aliphatic rings. The molecule has 0 saturated heterocycles. The molecule has 0 saturated carbocycles. The molecule has 0 spiro atoms. The second-order valence-electron chi connectivity index (χ2n) is 7.79. The van der Waals surface area contributed by atoms with Gasteiger partial charge in [-0.3, -0.25) is 4.79 Å². The van der Waals surface area contributed by atoms with Crippen LogP contribution in [0.3, 0.4) is 0 Å². The molecule has 3 aromatic carbocycles. The SMILES string of the molecule is COc1cc2c(cc1OCc1ccccc1)c(=O)on2S(=O)(=O)c1ccccc1C(F)(F)F.O=c1cco[nH]1. The summed E-state index contributed by atoms with van der Waals surface area (Å²) in [7, 11) is -3.62. The van der Waals surface area contributed by atoms with Crippen molar-refractivity contribution in [3.05, 3.63) is 111 Å². The summed E-state index contributed by atoms with van der Waals surface area (Å²) in [5, 5.41) is 1.87. The predicted octanol–water partition coefficient (Wildman–Crippen LogP) is 4.41. The Morgan fingerprint density at radius 1 is 0.949 bits per heavy atom. The molecule has 2 aromatic heterocycles. The van der Waals surface area contributed by atoms with E-state index in [-0.39, 0.29) is 38.7 Å². The Kier molecular flexibility index (Phi) is 7.67. The van der Waals surface area contributed by atoms with Gasteiger partial charge in [0.2, 0.25) is 0 Å². The van der Waals surface area contributed by atoms with E-state index < -0.39 is 32.3 Å². The van der Waals surface area contributed by atoms with E-state index in [1.165, 1.54) is 25.5 Å². The summed E-state index contributed by atoms with van der Waals surface area (Å²) in [6.45, 7) is 0.131. The fourth-order valence-electron chi connectivity index (χ4n) is 3.46. The van der Waals surface area contributed by atoms with E-state index in [0.29, 0.717) is 6.07 Å². The van der Waals surface area contributed by atoms with E-state index in [2.05, 4.69) is 9.68 Å². The van der Waals surface area contributed by atoms with Crippen molar-refractivity contribution in [1.82, 2.24) is 9.30 Å². The Morgan fingerprint density at radius 2 is 1.64 bits per heavy atom. The van der Waals surface area contributed by atoms with Crippen LogP contribution < -0.4 is 20.7 Å². The molecule has 0 fully saturated rings. The standard InChI is InChI=1S/C22H16F3NO6S.C3H3NO2/c1-30-18-12-17-15(11-19(18)31-13-14-7-3-2-4-8-14)21(27)32-26(17)33(28,29)20-10-6-5-9-16(20)22(23,24)25;5-3-1-2-6-4-3/h2-12H,13H2,1H3;1-2H,(H,4,5). The number of hydrogen-bond acceptors (Lipinski definition) is 8. The van der Waals surface area contributed by atoms with Crippen LogP contribution in [0.5, 0.6) is 11.5 Å². The van der Waals surface area contributed by atoms with Crippen LogP contribution >= 0.6 is 0 Å². The van der Waals surface area contributed by atoms with Crippen LogP contribution in [0.15, 0.2) is 103 Å². The minimum Gasteiger partial charge on any atom is -0.493 e. The minimum atomic E-state index is -4.94. The second kappa shape index (κ2) is 10.9. The second-order valence-corrected chi connectivity index (χ2v) is 9.51. The largest absolute Gasteiger partial charge is 0.493 e. The monoisotopic (exact) mass is 564 g/mol. The van der Waals surface area contributed by atoms with Gasteiger partial charge >= 0.3 is 11.8 Å². The normalized spacial score (nSPS) is 11.6. The van der Waals surface area contributed by atoms with E-state index in [1.807, 2.05) is 30.3 Å². The molecule has 0 unspecified atom stereocenters. The molecule has 0 amide bonds. The number of rotatable bonds is 6. The van der Waals surface area contributed by atoms with Crippen molar-refractivity contribution in [3.8, 4) is 11.5 Å². The number of benzene rings is 3. The summed E-state index contributed by atoms with van der Waals surface area (Å²) in [4.78, 5) is 21.3. The summed E-state index contributed by atoms with van der Waals surface area (Å²) >= 11 is 0. The number of fused-ring (bicyclic) bond motifs is 1. The lowest BCUT2D eigenvalue weighted by molar-refractivity contribution is -0.139. The smallest absolute Gasteiger partial charge is 0.417 e. The maximum atomic E-state index is 13.4. The van der Waals surface area contributed by atoms with Gasteiger partial charge in [-0.15, -0.1) is 0 Å². The maximum Gasteiger partial charge on any atom is 0.417 e. The number of methoxy groups -OCH3 is 1. The molecule has 0 bridgehead atoms. The molecule has 0 aliphatic carbocycles. The molecule has 5 rings (SSSR count). The Labute approximate surface area is 217 Å². The van der Waals surface area contributed by atoms with Crippen molar-refractivity contribution in [2.45, 2.75) is 17.7 Å². The quantitative estimate of drug-likeness (QED) is 0.321. The van der Waals surface area contributed by atoms with Gasteiger partial charge < -0.3 is 18.5 Å². The van der Waals surface area contributed by atoms with Crippen LogP contribution in [0.1, 0.15) is 11.1 Å². The first-order chi connectivity index (χ1) is 18.5. The van der Waals surface area contributed by atoms with Gasteiger partial charge in [-0.1, -0.05) is 46.6 Å². The lowest BCUT2D eigenvalue weighted by Crippen LogP contribution is -2.18. The number of aromatic nitrogens is 2. The Hall–Kier alpha value is -4.72. The molecule has 14 heteroatoms. The molecule has 1 N–H and O–H groups in total. The van der Waals surface area contributed by atoms with Gasteiger partial charge in [0.25, 0.3) is 15.6 Å². The maximum absolute atomic E-state index is 13.4. The van der Waals surface area contributed by atoms with E-state index in [4.69, 9.17) is 14.0 Å². The Bertz CT molecular complexity index is 1790. The minimum absolute atomic E-state index is 0.0623. The topological polar surface area (TPSA) is 134 Å². The molecule has 0 atom stereocenters. The first-order valence-electron chi connectivity index (χ1n) is 11.0. The molecule has 5 aromatic rings. The number of nitrogens with one attached hydrogen (secondary N) is 1. The Morgan fingerprint density at radius 3 is 2.23 bits per heavy atom. The van der Waals surface area contributed by atoms with E-state index in [0.717, 1.165) is 29.8 Å². The summed E-state index contributed by atoms with van der Waals surface area (Å²) in [6, 6.07) is 16.4. The predicted molar refractivity (Wildman–Crippen MR) is 131 cm³/mol. The first kappa shape index (κ1) is 27.3. The average Bonchev–Trinajstić information content (AvgIpc) is 3.53. The number of alkyl halides is 3. The van der Waals surface area contributed by atoms with Crippen LogP contribution in [0.2, 0.25) is 0 Å². The molecule has 0 aliphatic heterocycles. The number of H-pyrrole nitrogens is 1. The van der Waals surface area contributed by atoms with E-state index in [1.54, 1.807) is 0 Å². The fraction of sp³-hybridized carbons (Fsp3) is 0.120. The third-order valence-electron chi connectivity index (χ3n) is 5.24. The summed E-state index contributed by atoms with van der Waals surface area (Å²) in [5.74, 6) is 0.194. The Balaban J connectivity index is 0.000000519. The van der Waals surface area contributed by atoms with E-state index in [9.17, 15) is 31.2 Å². The van der Waals surface area contributed by atoms with Crippen LogP contribution in [-0.4, -0.2) is 24.8 Å². The number of ether oxygens (including phenoxy) is 2. The number of halogens is 3. The summed E-state index contributed by atoms with van der Waals surface area (Å²) in [5.41, 5.74) is -2.11. The average molecular weight is 564 g/mol. The molecule has 0 radical (unpaired) electrons. The molecular formula is C25H19F3N2O8S. The van der Waals surface area contributed by atoms with Crippen molar-refractivity contribution < 1.29 is 40.1 Å². The van der Waals surface area contributed by atoms with Gasteiger partial charge in [-0.25, -0.2) is 4.79 Å². The number of nitrogens with zero attached hydrogens (tertiary/aromatic N) is 1. The highest BCUT2D eigenvalue weighted by molar-refractivity contribution is 7.90. The highest BCUT2D eigenvalue weighted by Crippen LogP contribution is 2.37. The highest BCUT2D eigenvalue weighted by atomic mass is 32.2. The lowest BCUT2D eigenvalue weighted by atomic mass is 10.2. The zero-order valence-corrected chi connectivity index (χ0v) is 20.8. The highest BCUT2D eigenvalue weighted by Gasteiger charge is 2.38. The van der Waals surface area contributed by atoms with Crippen molar-refractivity contribution in [2.24, 2.45) is 0 Å². The van der Waals surface area contributed by atoms with Gasteiger partial charge in [0, 0.05) is 18.2 Å².